The highest BCUT2D eigenvalue weighted by molar-refractivity contribution is 5.52. The average Bonchev–Trinajstić information content (AvgIpc) is 2.25. The lowest BCUT2D eigenvalue weighted by Gasteiger charge is -2.07. The molecule has 0 N–H and O–H groups in total. The lowest BCUT2D eigenvalue weighted by molar-refractivity contribution is -0.109. The van der Waals surface area contributed by atoms with E-state index in [4.69, 9.17) is 14.2 Å². The van der Waals surface area contributed by atoms with Crippen molar-refractivity contribution in [3.63, 3.8) is 0 Å². The van der Waals surface area contributed by atoms with Gasteiger partial charge >= 0.3 is 0 Å². The fraction of sp³-hybridized carbons (Fsp3) is 0.300. The van der Waals surface area contributed by atoms with Crippen molar-refractivity contribution >= 4 is 6.29 Å². The first-order valence-corrected chi connectivity index (χ1v) is 4.09. The van der Waals surface area contributed by atoms with E-state index in [0.717, 1.165) is 0 Å². The molecule has 76 valence electrons. The normalized spacial score (nSPS) is 9.29. The molecule has 1 aromatic carbocycles. The van der Waals surface area contributed by atoms with Crippen LogP contribution >= 0.6 is 0 Å². The number of aldehydes is 1. The van der Waals surface area contributed by atoms with Crippen LogP contribution in [0.5, 0.6) is 17.2 Å². The molecule has 4 nitrogen and oxygen atoms in total. The fourth-order valence-electron chi connectivity index (χ4n) is 0.995. The van der Waals surface area contributed by atoms with E-state index in [-0.39, 0.29) is 6.61 Å². The minimum atomic E-state index is 0.0241. The van der Waals surface area contributed by atoms with Crippen LogP contribution in [-0.4, -0.2) is 27.1 Å². The zero-order valence-corrected chi connectivity index (χ0v) is 8.15. The number of benzene rings is 1. The van der Waals surface area contributed by atoms with Crippen molar-refractivity contribution in [1.82, 2.24) is 0 Å². The summed E-state index contributed by atoms with van der Waals surface area (Å²) in [5.74, 6) is 1.81. The molecule has 4 heteroatoms. The van der Waals surface area contributed by atoms with E-state index in [1.807, 2.05) is 0 Å². The molecule has 0 heterocycles. The average molecular weight is 196 g/mol. The monoisotopic (exact) mass is 196 g/mol. The predicted octanol–water partition coefficient (Wildman–Crippen LogP) is 1.28. The molecule has 0 spiro atoms. The molecule has 0 unspecified atom stereocenters. The predicted molar refractivity (Wildman–Crippen MR) is 51.1 cm³/mol. The van der Waals surface area contributed by atoms with Gasteiger partial charge in [0.1, 0.15) is 23.9 Å². The van der Waals surface area contributed by atoms with Gasteiger partial charge in [0, 0.05) is 18.2 Å². The first kappa shape index (κ1) is 10.4. The smallest absolute Gasteiger partial charge is 0.157 e. The van der Waals surface area contributed by atoms with Crippen LogP contribution in [0.1, 0.15) is 0 Å². The van der Waals surface area contributed by atoms with Crippen LogP contribution in [0.2, 0.25) is 0 Å². The first-order valence-electron chi connectivity index (χ1n) is 4.09. The van der Waals surface area contributed by atoms with Gasteiger partial charge in [-0.25, -0.2) is 0 Å². The molecule has 0 saturated carbocycles. The maximum absolute atomic E-state index is 10.1. The van der Waals surface area contributed by atoms with Crippen LogP contribution in [0.25, 0.3) is 0 Å². The Morgan fingerprint density at radius 3 is 2.00 bits per heavy atom. The summed E-state index contributed by atoms with van der Waals surface area (Å²) in [6, 6.07) is 5.10. The molecular weight excluding hydrogens is 184 g/mol. The van der Waals surface area contributed by atoms with Gasteiger partial charge in [0.15, 0.2) is 6.29 Å². The van der Waals surface area contributed by atoms with Gasteiger partial charge < -0.3 is 14.2 Å². The quantitative estimate of drug-likeness (QED) is 0.665. The number of carbonyl (C=O) groups excluding carboxylic acids is 1. The van der Waals surface area contributed by atoms with Crippen molar-refractivity contribution in [3.05, 3.63) is 18.2 Å². The Kier molecular flexibility index (Phi) is 3.79. The number of hydrogen-bond donors (Lipinski definition) is 0. The van der Waals surface area contributed by atoms with Gasteiger partial charge in [-0.15, -0.1) is 0 Å². The van der Waals surface area contributed by atoms with Crippen LogP contribution < -0.4 is 14.2 Å². The van der Waals surface area contributed by atoms with Crippen molar-refractivity contribution < 1.29 is 19.0 Å². The first-order chi connectivity index (χ1) is 6.80. The minimum Gasteiger partial charge on any atom is -0.496 e. The van der Waals surface area contributed by atoms with Crippen molar-refractivity contribution in [3.8, 4) is 17.2 Å². The van der Waals surface area contributed by atoms with Crippen molar-refractivity contribution in [2.24, 2.45) is 0 Å². The van der Waals surface area contributed by atoms with E-state index in [9.17, 15) is 4.79 Å². The number of rotatable bonds is 5. The van der Waals surface area contributed by atoms with Gasteiger partial charge in [-0.1, -0.05) is 0 Å². The maximum Gasteiger partial charge on any atom is 0.157 e. The topological polar surface area (TPSA) is 44.8 Å². The summed E-state index contributed by atoms with van der Waals surface area (Å²) in [4.78, 5) is 10.1. The van der Waals surface area contributed by atoms with Gasteiger partial charge in [-0.05, 0) is 0 Å². The van der Waals surface area contributed by atoms with Crippen LogP contribution in [-0.2, 0) is 4.79 Å². The van der Waals surface area contributed by atoms with E-state index in [0.29, 0.717) is 23.5 Å². The van der Waals surface area contributed by atoms with Gasteiger partial charge in [0.2, 0.25) is 0 Å². The Labute approximate surface area is 82.4 Å². The van der Waals surface area contributed by atoms with E-state index in [1.165, 1.54) is 0 Å². The van der Waals surface area contributed by atoms with Crippen LogP contribution in [0.3, 0.4) is 0 Å². The lowest BCUT2D eigenvalue weighted by Crippen LogP contribution is -1.98. The molecule has 0 atom stereocenters. The Balaban J connectivity index is 2.86. The Morgan fingerprint density at radius 1 is 1.07 bits per heavy atom. The SMILES string of the molecule is COc1cc(OC)cc(OCC=O)c1. The summed E-state index contributed by atoms with van der Waals surface area (Å²) in [7, 11) is 3.11. The highest BCUT2D eigenvalue weighted by atomic mass is 16.5. The Hall–Kier alpha value is -1.71. The summed E-state index contributed by atoms with van der Waals surface area (Å²) in [5, 5.41) is 0. The van der Waals surface area contributed by atoms with Crippen molar-refractivity contribution in [2.45, 2.75) is 0 Å². The summed E-state index contributed by atoms with van der Waals surface area (Å²) in [6.07, 6.45) is 0.686. The van der Waals surface area contributed by atoms with Gasteiger partial charge in [0.25, 0.3) is 0 Å². The number of hydrogen-bond acceptors (Lipinski definition) is 4. The molecule has 14 heavy (non-hydrogen) atoms. The molecule has 0 aromatic heterocycles. The molecule has 0 aliphatic heterocycles. The fourth-order valence-corrected chi connectivity index (χ4v) is 0.995. The van der Waals surface area contributed by atoms with E-state index in [2.05, 4.69) is 0 Å². The standard InChI is InChI=1S/C10H12O4/c1-12-8-5-9(13-2)7-10(6-8)14-4-3-11/h3,5-7H,4H2,1-2H3. The molecule has 0 aliphatic carbocycles. The highest BCUT2D eigenvalue weighted by Crippen LogP contribution is 2.27. The summed E-state index contributed by atoms with van der Waals surface area (Å²) >= 11 is 0. The highest BCUT2D eigenvalue weighted by Gasteiger charge is 2.01. The second kappa shape index (κ2) is 5.11. The molecule has 0 amide bonds. The van der Waals surface area contributed by atoms with Crippen LogP contribution in [0.15, 0.2) is 18.2 Å². The second-order valence-electron chi connectivity index (χ2n) is 2.53. The summed E-state index contributed by atoms with van der Waals surface area (Å²) in [5.41, 5.74) is 0. The largest absolute Gasteiger partial charge is 0.496 e. The molecule has 0 radical (unpaired) electrons. The zero-order chi connectivity index (χ0) is 10.4. The third kappa shape index (κ3) is 2.65. The summed E-state index contributed by atoms with van der Waals surface area (Å²) < 4.78 is 15.2. The Bertz CT molecular complexity index is 287. The van der Waals surface area contributed by atoms with E-state index < -0.39 is 0 Å². The molecular formula is C10H12O4. The molecule has 1 rings (SSSR count). The number of carbonyl (C=O) groups is 1. The molecule has 0 saturated heterocycles. The van der Waals surface area contributed by atoms with Crippen LogP contribution in [0.4, 0.5) is 0 Å². The molecule has 0 aliphatic rings. The van der Waals surface area contributed by atoms with Crippen LogP contribution in [0, 0.1) is 0 Å². The van der Waals surface area contributed by atoms with E-state index in [1.54, 1.807) is 32.4 Å². The number of ether oxygens (including phenoxy) is 3. The number of methoxy groups -OCH3 is 2. The van der Waals surface area contributed by atoms with Crippen molar-refractivity contribution in [1.29, 1.82) is 0 Å². The van der Waals surface area contributed by atoms with E-state index >= 15 is 0 Å². The second-order valence-corrected chi connectivity index (χ2v) is 2.53. The van der Waals surface area contributed by atoms with Gasteiger partial charge in [0.05, 0.1) is 14.2 Å². The third-order valence-corrected chi connectivity index (χ3v) is 1.64. The summed E-state index contributed by atoms with van der Waals surface area (Å²) in [6.45, 7) is 0.0241. The molecule has 0 bridgehead atoms. The minimum absolute atomic E-state index is 0.0241. The Morgan fingerprint density at radius 2 is 1.57 bits per heavy atom. The van der Waals surface area contributed by atoms with Crippen molar-refractivity contribution in [2.75, 3.05) is 20.8 Å². The lowest BCUT2D eigenvalue weighted by atomic mass is 10.3. The maximum atomic E-state index is 10.1. The zero-order valence-electron chi connectivity index (χ0n) is 8.15. The molecule has 0 fully saturated rings. The van der Waals surface area contributed by atoms with Gasteiger partial charge in [-0.3, -0.25) is 4.79 Å². The molecule has 1 aromatic rings. The third-order valence-electron chi connectivity index (χ3n) is 1.64. The van der Waals surface area contributed by atoms with Gasteiger partial charge in [-0.2, -0.15) is 0 Å².